The maximum absolute atomic E-state index is 12.7. The van der Waals surface area contributed by atoms with Crippen LogP contribution in [0.5, 0.6) is 0 Å². The van der Waals surface area contributed by atoms with Crippen molar-refractivity contribution in [3.63, 3.8) is 0 Å². The van der Waals surface area contributed by atoms with Crippen LogP contribution in [0.1, 0.15) is 78.1 Å². The van der Waals surface area contributed by atoms with Crippen LogP contribution in [0.25, 0.3) is 0 Å². The van der Waals surface area contributed by atoms with E-state index >= 15 is 0 Å². The van der Waals surface area contributed by atoms with Gasteiger partial charge in [0.2, 0.25) is 0 Å². The average molecular weight is 507 g/mol. The van der Waals surface area contributed by atoms with E-state index in [1.54, 1.807) is 0 Å². The molecule has 30 heavy (non-hydrogen) atoms. The highest BCUT2D eigenvalue weighted by molar-refractivity contribution is 8.11. The molecule has 0 amide bonds. The van der Waals surface area contributed by atoms with Gasteiger partial charge in [0, 0.05) is 0 Å². The first-order valence-electron chi connectivity index (χ1n) is 10.6. The van der Waals surface area contributed by atoms with Crippen molar-refractivity contribution in [3.05, 3.63) is 0 Å². The summed E-state index contributed by atoms with van der Waals surface area (Å²) in [5.41, 5.74) is 0. The van der Waals surface area contributed by atoms with Crippen LogP contribution in [0, 0.1) is 0 Å². The molecule has 2 unspecified atom stereocenters. The van der Waals surface area contributed by atoms with Crippen molar-refractivity contribution in [1.29, 1.82) is 0 Å². The number of hydrogen-bond donors (Lipinski definition) is 0. The molecule has 2 aliphatic rings. The van der Waals surface area contributed by atoms with Gasteiger partial charge in [-0.1, -0.05) is 38.5 Å². The van der Waals surface area contributed by atoms with E-state index in [9.17, 15) is 33.7 Å². The van der Waals surface area contributed by atoms with Crippen LogP contribution >= 0.6 is 0 Å². The maximum Gasteiger partial charge on any atom is 0.170 e. The zero-order chi connectivity index (χ0) is 22.8. The summed E-state index contributed by atoms with van der Waals surface area (Å²) in [5.74, 6) is -1.79. The maximum atomic E-state index is 12.7. The van der Waals surface area contributed by atoms with Gasteiger partial charge in [-0.05, 0) is 39.5 Å². The van der Waals surface area contributed by atoms with Crippen LogP contribution in [0.3, 0.4) is 0 Å². The number of sulfone groups is 4. The van der Waals surface area contributed by atoms with E-state index in [4.69, 9.17) is 0 Å². The van der Waals surface area contributed by atoms with Gasteiger partial charge in [0.15, 0.2) is 48.5 Å². The Labute approximate surface area is 181 Å². The van der Waals surface area contributed by atoms with Crippen molar-refractivity contribution < 1.29 is 33.7 Å². The molecule has 0 aromatic heterocycles. The van der Waals surface area contributed by atoms with E-state index in [0.29, 0.717) is 25.7 Å². The Bertz CT molecular complexity index is 914. The minimum Gasteiger partial charge on any atom is -0.227 e. The normalized spacial score (nSPS) is 23.1. The predicted molar refractivity (Wildman–Crippen MR) is 118 cm³/mol. The van der Waals surface area contributed by atoms with E-state index in [1.165, 1.54) is 0 Å². The first-order valence-corrected chi connectivity index (χ1v) is 17.3. The Morgan fingerprint density at radius 1 is 0.533 bits per heavy atom. The van der Waals surface area contributed by atoms with Gasteiger partial charge in [-0.25, -0.2) is 33.7 Å². The molecule has 178 valence electrons. The fourth-order valence-electron chi connectivity index (χ4n) is 4.30. The van der Waals surface area contributed by atoms with Crippen LogP contribution in [0.15, 0.2) is 0 Å². The predicted octanol–water partition coefficient (Wildman–Crippen LogP) is 2.00. The fraction of sp³-hybridized carbons (Fsp3) is 1.00. The highest BCUT2D eigenvalue weighted by atomic mass is 32.3. The van der Waals surface area contributed by atoms with Gasteiger partial charge in [-0.3, -0.25) is 0 Å². The van der Waals surface area contributed by atoms with Gasteiger partial charge in [0.05, 0.1) is 22.0 Å². The quantitative estimate of drug-likeness (QED) is 0.463. The molecule has 0 aromatic rings. The zero-order valence-electron chi connectivity index (χ0n) is 17.7. The molecule has 2 rings (SSSR count). The summed E-state index contributed by atoms with van der Waals surface area (Å²) >= 11 is 0. The molecule has 8 nitrogen and oxygen atoms in total. The lowest BCUT2D eigenvalue weighted by atomic mass is 10.0. The van der Waals surface area contributed by atoms with Gasteiger partial charge in [-0.15, -0.1) is 0 Å². The standard InChI is InChI=1S/C18H34O8S4/c1-15(29(23,24)17-9-5-3-6-10-17)27(19,20)13-14-28(21,22)16(2)30(25,26)18-11-7-4-8-12-18/h15-18H,3-14H2,1-2H3. The van der Waals surface area contributed by atoms with Crippen molar-refractivity contribution >= 4 is 39.3 Å². The lowest BCUT2D eigenvalue weighted by molar-refractivity contribution is 0.481. The molecule has 0 aliphatic heterocycles. The minimum atomic E-state index is -4.27. The van der Waals surface area contributed by atoms with Gasteiger partial charge >= 0.3 is 0 Å². The van der Waals surface area contributed by atoms with Crippen molar-refractivity contribution in [2.45, 2.75) is 97.7 Å². The Morgan fingerprint density at radius 2 is 0.800 bits per heavy atom. The molecule has 2 atom stereocenters. The lowest BCUT2D eigenvalue weighted by Gasteiger charge is -2.26. The third kappa shape index (κ3) is 5.78. The molecule has 0 bridgehead atoms. The molecule has 2 fully saturated rings. The average Bonchev–Trinajstić information content (AvgIpc) is 2.72. The second kappa shape index (κ2) is 9.74. The first kappa shape index (κ1) is 26.1. The second-order valence-corrected chi connectivity index (χ2v) is 19.1. The van der Waals surface area contributed by atoms with E-state index in [1.807, 2.05) is 0 Å². The molecule has 0 aromatic carbocycles. The molecule has 0 spiro atoms. The van der Waals surface area contributed by atoms with E-state index < -0.39 is 70.5 Å². The molecule has 0 radical (unpaired) electrons. The summed E-state index contributed by atoms with van der Waals surface area (Å²) in [6.07, 6.45) is 6.38. The van der Waals surface area contributed by atoms with Gasteiger partial charge in [0.1, 0.15) is 0 Å². The van der Waals surface area contributed by atoms with Gasteiger partial charge < -0.3 is 0 Å². The largest absolute Gasteiger partial charge is 0.227 e. The minimum absolute atomic E-state index is 0.414. The van der Waals surface area contributed by atoms with E-state index in [-0.39, 0.29) is 0 Å². The summed E-state index contributed by atoms with van der Waals surface area (Å²) in [5, 5.41) is -1.45. The Hall–Kier alpha value is -0.200. The SMILES string of the molecule is CC(S(=O)(=O)CCS(=O)(=O)C(C)S(=O)(=O)C1CCCCC1)S(=O)(=O)C1CCCCC1. The molecule has 0 N–H and O–H groups in total. The molecule has 0 saturated heterocycles. The number of rotatable bonds is 9. The third-order valence-corrected chi connectivity index (χ3v) is 18.5. The first-order chi connectivity index (χ1) is 13.7. The van der Waals surface area contributed by atoms with Crippen molar-refractivity contribution in [2.75, 3.05) is 11.5 Å². The van der Waals surface area contributed by atoms with Crippen molar-refractivity contribution in [3.8, 4) is 0 Å². The van der Waals surface area contributed by atoms with Crippen molar-refractivity contribution in [1.82, 2.24) is 0 Å². The highest BCUT2D eigenvalue weighted by Gasteiger charge is 2.43. The Morgan fingerprint density at radius 3 is 1.07 bits per heavy atom. The zero-order valence-corrected chi connectivity index (χ0v) is 21.0. The summed E-state index contributed by atoms with van der Waals surface area (Å²) in [6, 6.07) is 0. The summed E-state index contributed by atoms with van der Waals surface area (Å²) in [7, 11) is -16.4. The summed E-state index contributed by atoms with van der Waals surface area (Å²) < 4.78 is 98.1. The highest BCUT2D eigenvalue weighted by Crippen LogP contribution is 2.30. The molecule has 2 aliphatic carbocycles. The van der Waals surface area contributed by atoms with E-state index in [0.717, 1.165) is 52.4 Å². The summed E-state index contributed by atoms with van der Waals surface area (Å²) in [4.78, 5) is 0. The fourth-order valence-corrected chi connectivity index (χ4v) is 14.7. The van der Waals surface area contributed by atoms with Crippen LogP contribution in [0.4, 0.5) is 0 Å². The van der Waals surface area contributed by atoms with Gasteiger partial charge in [0.25, 0.3) is 0 Å². The Balaban J connectivity index is 2.11. The molecular weight excluding hydrogens is 472 g/mol. The van der Waals surface area contributed by atoms with Gasteiger partial charge in [-0.2, -0.15) is 0 Å². The molecule has 2 saturated carbocycles. The lowest BCUT2D eigenvalue weighted by Crippen LogP contribution is -2.41. The Kier molecular flexibility index (Phi) is 8.46. The smallest absolute Gasteiger partial charge is 0.170 e. The topological polar surface area (TPSA) is 137 Å². The number of hydrogen-bond acceptors (Lipinski definition) is 8. The second-order valence-electron chi connectivity index (χ2n) is 8.57. The monoisotopic (exact) mass is 506 g/mol. The van der Waals surface area contributed by atoms with Crippen LogP contribution in [-0.4, -0.2) is 64.8 Å². The molecule has 0 heterocycles. The third-order valence-electron chi connectivity index (χ3n) is 6.62. The molecular formula is C18H34O8S4. The van der Waals surface area contributed by atoms with Crippen molar-refractivity contribution in [2.24, 2.45) is 0 Å². The molecule has 12 heteroatoms. The van der Waals surface area contributed by atoms with Crippen LogP contribution in [0.2, 0.25) is 0 Å². The van der Waals surface area contributed by atoms with Crippen LogP contribution < -0.4 is 0 Å². The van der Waals surface area contributed by atoms with Crippen LogP contribution in [-0.2, 0) is 39.3 Å². The van der Waals surface area contributed by atoms with E-state index in [2.05, 4.69) is 0 Å². The summed E-state index contributed by atoms with van der Waals surface area (Å²) in [6.45, 7) is 2.18.